The van der Waals surface area contributed by atoms with Gasteiger partial charge in [-0.05, 0) is 30.4 Å². The summed E-state index contributed by atoms with van der Waals surface area (Å²) in [6, 6.07) is 7.01. The van der Waals surface area contributed by atoms with E-state index < -0.39 is 17.7 Å². The van der Waals surface area contributed by atoms with E-state index in [1.54, 1.807) is 0 Å². The minimum Gasteiger partial charge on any atom is -0.467 e. The summed E-state index contributed by atoms with van der Waals surface area (Å²) < 4.78 is 5.00. The van der Waals surface area contributed by atoms with Crippen LogP contribution in [0.4, 0.5) is 0 Å². The van der Waals surface area contributed by atoms with Crippen LogP contribution >= 0.6 is 0 Å². The van der Waals surface area contributed by atoms with Crippen molar-refractivity contribution < 1.29 is 19.4 Å². The smallest absolute Gasteiger partial charge is 0.329 e. The number of benzene rings is 1. The molecular formula is C20H24N2O4. The second kappa shape index (κ2) is 6.13. The summed E-state index contributed by atoms with van der Waals surface area (Å²) in [4.78, 5) is 29.9. The number of para-hydroxylation sites is 1. The number of esters is 1. The van der Waals surface area contributed by atoms with Crippen molar-refractivity contribution in [2.45, 2.75) is 44.4 Å². The monoisotopic (exact) mass is 356 g/mol. The molecule has 1 amide bonds. The van der Waals surface area contributed by atoms with Gasteiger partial charge in [-0.25, -0.2) is 4.79 Å². The molecule has 2 unspecified atom stereocenters. The summed E-state index contributed by atoms with van der Waals surface area (Å²) in [7, 11) is 1.32. The van der Waals surface area contributed by atoms with Crippen molar-refractivity contribution in [3.05, 3.63) is 36.0 Å². The van der Waals surface area contributed by atoms with Gasteiger partial charge in [0.15, 0.2) is 0 Å². The third kappa shape index (κ3) is 2.51. The molecule has 2 aliphatic rings. The Bertz CT molecular complexity index is 860. The number of carbonyl (C=O) groups excluding carboxylic acids is 2. The lowest BCUT2D eigenvalue weighted by molar-refractivity contribution is -0.172. The topological polar surface area (TPSA) is 82.6 Å². The molecule has 1 aromatic heterocycles. The molecule has 2 fully saturated rings. The number of nitrogens with zero attached hydrogens (tertiary/aromatic N) is 1. The molecule has 1 saturated carbocycles. The van der Waals surface area contributed by atoms with Crippen LogP contribution in [0.2, 0.25) is 0 Å². The van der Waals surface area contributed by atoms with Crippen LogP contribution in [0.5, 0.6) is 0 Å². The molecule has 138 valence electrons. The van der Waals surface area contributed by atoms with Crippen LogP contribution in [0.15, 0.2) is 30.5 Å². The van der Waals surface area contributed by atoms with Crippen LogP contribution < -0.4 is 0 Å². The van der Waals surface area contributed by atoms with Crippen molar-refractivity contribution >= 4 is 22.8 Å². The first-order valence-corrected chi connectivity index (χ1v) is 9.11. The second-order valence-corrected chi connectivity index (χ2v) is 7.69. The number of aromatic amines is 1. The van der Waals surface area contributed by atoms with Gasteiger partial charge in [-0.15, -0.1) is 0 Å². The van der Waals surface area contributed by atoms with Gasteiger partial charge in [-0.3, -0.25) is 9.69 Å². The van der Waals surface area contributed by atoms with E-state index in [1.807, 2.05) is 30.5 Å². The number of amides is 1. The first-order valence-electron chi connectivity index (χ1n) is 9.11. The largest absolute Gasteiger partial charge is 0.467 e. The average molecular weight is 356 g/mol. The lowest BCUT2D eigenvalue weighted by Gasteiger charge is -2.38. The number of H-pyrrole nitrogens is 1. The first-order chi connectivity index (χ1) is 12.4. The molecule has 6 heteroatoms. The minimum atomic E-state index is -1.25. The summed E-state index contributed by atoms with van der Waals surface area (Å²) in [5.41, 5.74) is 0.661. The zero-order chi connectivity index (χ0) is 18.5. The third-order valence-electron chi connectivity index (χ3n) is 5.97. The molecule has 1 aromatic carbocycles. The van der Waals surface area contributed by atoms with E-state index in [1.165, 1.54) is 12.0 Å². The van der Waals surface area contributed by atoms with Gasteiger partial charge in [-0.1, -0.05) is 25.1 Å². The maximum absolute atomic E-state index is 12.7. The number of hydrogen-bond donors (Lipinski definition) is 2. The zero-order valence-electron chi connectivity index (χ0n) is 15.1. The highest BCUT2D eigenvalue weighted by Crippen LogP contribution is 2.49. The third-order valence-corrected chi connectivity index (χ3v) is 5.97. The van der Waals surface area contributed by atoms with Crippen LogP contribution in [0.3, 0.4) is 0 Å². The Morgan fingerprint density at radius 2 is 2.23 bits per heavy atom. The summed E-state index contributed by atoms with van der Waals surface area (Å²) >= 11 is 0. The molecule has 4 atom stereocenters. The molecule has 2 heterocycles. The summed E-state index contributed by atoms with van der Waals surface area (Å²) in [6.07, 6.45) is 3.78. The predicted molar refractivity (Wildman–Crippen MR) is 96.1 cm³/mol. The lowest BCUT2D eigenvalue weighted by atomic mass is 9.98. The maximum Gasteiger partial charge on any atom is 0.329 e. The fraction of sp³-hybridized carbons (Fsp3) is 0.500. The van der Waals surface area contributed by atoms with Gasteiger partial charge in [0.05, 0.1) is 7.11 Å². The molecule has 0 spiro atoms. The number of fused-ring (bicyclic) bond motifs is 2. The highest BCUT2D eigenvalue weighted by molar-refractivity contribution is 5.89. The van der Waals surface area contributed by atoms with Crippen molar-refractivity contribution in [2.75, 3.05) is 7.11 Å². The molecule has 0 radical (unpaired) electrons. The normalized spacial score (nSPS) is 29.2. The van der Waals surface area contributed by atoms with E-state index in [-0.39, 0.29) is 11.8 Å². The Labute approximate surface area is 152 Å². The van der Waals surface area contributed by atoms with Crippen LogP contribution in [-0.2, 0) is 20.7 Å². The van der Waals surface area contributed by atoms with Crippen molar-refractivity contribution in [1.82, 2.24) is 9.88 Å². The van der Waals surface area contributed by atoms with Crippen LogP contribution in [0.25, 0.3) is 10.9 Å². The van der Waals surface area contributed by atoms with Crippen molar-refractivity contribution in [1.29, 1.82) is 0 Å². The Morgan fingerprint density at radius 3 is 3.00 bits per heavy atom. The lowest BCUT2D eigenvalue weighted by Crippen LogP contribution is -2.56. The number of likely N-dealkylation sites (tertiary alicyclic amines) is 1. The molecule has 26 heavy (non-hydrogen) atoms. The van der Waals surface area contributed by atoms with E-state index in [0.717, 1.165) is 22.9 Å². The van der Waals surface area contributed by atoms with E-state index in [2.05, 4.69) is 11.9 Å². The standard InChI is InChI=1S/C20H24N2O4/c1-12-7-14-9-18(23)22(20(14,25)10-12)17(19(24)26-2)8-13-11-21-16-6-4-3-5-15(13)16/h3-6,11-12,14,17,21,25H,7-10H2,1-2H3/t12-,14?,17+,20?/m1/s1. The van der Waals surface area contributed by atoms with Crippen LogP contribution in [0.1, 0.15) is 31.7 Å². The number of carbonyl (C=O) groups is 2. The van der Waals surface area contributed by atoms with Crippen LogP contribution in [0, 0.1) is 11.8 Å². The number of hydrogen-bond acceptors (Lipinski definition) is 4. The van der Waals surface area contributed by atoms with E-state index in [4.69, 9.17) is 4.74 Å². The van der Waals surface area contributed by atoms with Gasteiger partial charge in [0.2, 0.25) is 5.91 Å². The SMILES string of the molecule is COC(=O)[C@H](Cc1c[nH]c2ccccc12)N1C(=O)CC2C[C@@H](C)CC21O. The van der Waals surface area contributed by atoms with Gasteiger partial charge >= 0.3 is 5.97 Å². The van der Waals surface area contributed by atoms with Crippen molar-refractivity contribution in [2.24, 2.45) is 11.8 Å². The summed E-state index contributed by atoms with van der Waals surface area (Å²) in [5, 5.41) is 12.3. The Balaban J connectivity index is 1.71. The number of ether oxygens (including phenoxy) is 1. The molecule has 4 rings (SSSR count). The first kappa shape index (κ1) is 17.1. The van der Waals surface area contributed by atoms with Crippen LogP contribution in [-0.4, -0.2) is 45.7 Å². The Morgan fingerprint density at radius 1 is 1.46 bits per heavy atom. The quantitative estimate of drug-likeness (QED) is 0.823. The summed E-state index contributed by atoms with van der Waals surface area (Å²) in [6.45, 7) is 2.08. The number of nitrogens with one attached hydrogen (secondary N) is 1. The van der Waals surface area contributed by atoms with E-state index >= 15 is 0 Å². The van der Waals surface area contributed by atoms with Gasteiger partial charge in [0.1, 0.15) is 11.8 Å². The molecule has 0 bridgehead atoms. The molecule has 1 saturated heterocycles. The summed E-state index contributed by atoms with van der Waals surface area (Å²) in [5.74, 6) is -0.441. The highest BCUT2D eigenvalue weighted by Gasteiger charge is 2.59. The van der Waals surface area contributed by atoms with Gasteiger partial charge in [-0.2, -0.15) is 0 Å². The molecular weight excluding hydrogens is 332 g/mol. The maximum atomic E-state index is 12.7. The fourth-order valence-corrected chi connectivity index (χ4v) is 4.87. The fourth-order valence-electron chi connectivity index (χ4n) is 4.87. The van der Waals surface area contributed by atoms with E-state index in [0.29, 0.717) is 25.2 Å². The van der Waals surface area contributed by atoms with Gasteiger partial charge in [0, 0.05) is 35.9 Å². The molecule has 1 aliphatic carbocycles. The number of rotatable bonds is 4. The predicted octanol–water partition coefficient (Wildman–Crippen LogP) is 2.22. The zero-order valence-corrected chi connectivity index (χ0v) is 15.1. The number of aliphatic hydroxyl groups is 1. The molecule has 2 N–H and O–H groups in total. The Hall–Kier alpha value is -2.34. The van der Waals surface area contributed by atoms with Gasteiger partial charge in [0.25, 0.3) is 0 Å². The minimum absolute atomic E-state index is 0.111. The molecule has 2 aromatic rings. The van der Waals surface area contributed by atoms with Gasteiger partial charge < -0.3 is 14.8 Å². The Kier molecular flexibility index (Phi) is 4.03. The van der Waals surface area contributed by atoms with Crippen molar-refractivity contribution in [3.63, 3.8) is 0 Å². The van der Waals surface area contributed by atoms with E-state index in [9.17, 15) is 14.7 Å². The number of methoxy groups -OCH3 is 1. The molecule has 1 aliphatic heterocycles. The van der Waals surface area contributed by atoms with Crippen molar-refractivity contribution in [3.8, 4) is 0 Å². The highest BCUT2D eigenvalue weighted by atomic mass is 16.5. The average Bonchev–Trinajstić information content (AvgIpc) is 3.21. The second-order valence-electron chi connectivity index (χ2n) is 7.69. The number of aromatic nitrogens is 1. The molecule has 6 nitrogen and oxygen atoms in total.